The van der Waals surface area contributed by atoms with Gasteiger partial charge in [0.1, 0.15) is 13.2 Å². The van der Waals surface area contributed by atoms with Gasteiger partial charge in [-0.05, 0) is 48.8 Å². The van der Waals surface area contributed by atoms with Crippen LogP contribution < -0.4 is 9.47 Å². The topological polar surface area (TPSA) is 38.7 Å². The van der Waals surface area contributed by atoms with Crippen LogP contribution in [0.25, 0.3) is 0 Å². The van der Waals surface area contributed by atoms with Crippen molar-refractivity contribution in [2.75, 3.05) is 13.2 Å². The van der Waals surface area contributed by atoms with E-state index in [0.29, 0.717) is 18.6 Å². The molecule has 1 aromatic rings. The van der Waals surface area contributed by atoms with Crippen LogP contribution in [-0.4, -0.2) is 18.3 Å². The van der Waals surface area contributed by atoms with E-state index in [1.165, 1.54) is 0 Å². The van der Waals surface area contributed by atoms with Gasteiger partial charge in [0.2, 0.25) is 0 Å². The normalized spacial score (nSPS) is 23.9. The van der Waals surface area contributed by atoms with Gasteiger partial charge < -0.3 is 14.6 Å². The molecule has 0 spiro atoms. The zero-order valence-corrected chi connectivity index (χ0v) is 11.7. The highest BCUT2D eigenvalue weighted by molar-refractivity contribution is 5.45. The number of benzene rings is 1. The fourth-order valence-electron chi connectivity index (χ4n) is 2.96. The van der Waals surface area contributed by atoms with Gasteiger partial charge in [-0.1, -0.05) is 19.9 Å². The molecule has 1 fully saturated rings. The summed E-state index contributed by atoms with van der Waals surface area (Å²) in [5.74, 6) is 1.55. The first kappa shape index (κ1) is 12.8. The summed E-state index contributed by atoms with van der Waals surface area (Å²) in [6, 6.07) is 5.85. The van der Waals surface area contributed by atoms with Gasteiger partial charge in [0.15, 0.2) is 11.5 Å². The van der Waals surface area contributed by atoms with E-state index >= 15 is 0 Å². The molecule has 0 aromatic heterocycles. The second-order valence-corrected chi connectivity index (χ2v) is 6.55. The number of rotatable bonds is 1. The number of ether oxygens (including phenoxy) is 2. The Morgan fingerprint density at radius 2 is 1.58 bits per heavy atom. The van der Waals surface area contributed by atoms with Crippen LogP contribution in [0.5, 0.6) is 11.5 Å². The first-order valence-electron chi connectivity index (χ1n) is 7.11. The highest BCUT2D eigenvalue weighted by atomic mass is 16.6. The van der Waals surface area contributed by atoms with Crippen LogP contribution >= 0.6 is 0 Å². The molecule has 0 radical (unpaired) electrons. The molecule has 0 atom stereocenters. The summed E-state index contributed by atoms with van der Waals surface area (Å²) in [7, 11) is 0. The third kappa shape index (κ3) is 2.44. The van der Waals surface area contributed by atoms with Crippen molar-refractivity contribution >= 4 is 0 Å². The van der Waals surface area contributed by atoms with Gasteiger partial charge in [0, 0.05) is 0 Å². The van der Waals surface area contributed by atoms with Gasteiger partial charge in [0.25, 0.3) is 0 Å². The fraction of sp³-hybridized carbons (Fsp3) is 0.625. The van der Waals surface area contributed by atoms with Crippen LogP contribution in [-0.2, 0) is 5.60 Å². The van der Waals surface area contributed by atoms with E-state index in [1.54, 1.807) is 0 Å². The fourth-order valence-corrected chi connectivity index (χ4v) is 2.96. The maximum atomic E-state index is 10.9. The summed E-state index contributed by atoms with van der Waals surface area (Å²) in [5, 5.41) is 10.9. The summed E-state index contributed by atoms with van der Waals surface area (Å²) < 4.78 is 11.1. The SMILES string of the molecule is CC1(C)CCC(O)(c2ccc3c(c2)OCCO3)CC1. The van der Waals surface area contributed by atoms with Crippen molar-refractivity contribution in [1.82, 2.24) is 0 Å². The van der Waals surface area contributed by atoms with E-state index in [9.17, 15) is 5.11 Å². The van der Waals surface area contributed by atoms with Gasteiger partial charge in [-0.3, -0.25) is 0 Å². The second kappa shape index (κ2) is 4.41. The highest BCUT2D eigenvalue weighted by Crippen LogP contribution is 2.46. The van der Waals surface area contributed by atoms with E-state index < -0.39 is 5.60 Å². The molecular weight excluding hydrogens is 240 g/mol. The zero-order valence-electron chi connectivity index (χ0n) is 11.7. The lowest BCUT2D eigenvalue weighted by molar-refractivity contribution is -0.0308. The molecule has 19 heavy (non-hydrogen) atoms. The van der Waals surface area contributed by atoms with Gasteiger partial charge in [-0.25, -0.2) is 0 Å². The minimum absolute atomic E-state index is 0.347. The maximum Gasteiger partial charge on any atom is 0.161 e. The third-order valence-electron chi connectivity index (χ3n) is 4.51. The lowest BCUT2D eigenvalue weighted by Gasteiger charge is -2.40. The Balaban J connectivity index is 1.86. The first-order valence-corrected chi connectivity index (χ1v) is 7.11. The number of hydrogen-bond acceptors (Lipinski definition) is 3. The number of fused-ring (bicyclic) bond motifs is 1. The highest BCUT2D eigenvalue weighted by Gasteiger charge is 2.38. The van der Waals surface area contributed by atoms with Gasteiger partial charge >= 0.3 is 0 Å². The van der Waals surface area contributed by atoms with Crippen molar-refractivity contribution in [3.63, 3.8) is 0 Å². The lowest BCUT2D eigenvalue weighted by atomic mass is 9.69. The maximum absolute atomic E-state index is 10.9. The summed E-state index contributed by atoms with van der Waals surface area (Å²) >= 11 is 0. The minimum atomic E-state index is -0.703. The first-order chi connectivity index (χ1) is 8.99. The van der Waals surface area contributed by atoms with Gasteiger partial charge in [-0.2, -0.15) is 0 Å². The molecule has 3 rings (SSSR count). The number of aliphatic hydroxyl groups is 1. The van der Waals surface area contributed by atoms with E-state index in [4.69, 9.17) is 9.47 Å². The molecule has 0 saturated heterocycles. The van der Waals surface area contributed by atoms with E-state index in [1.807, 2.05) is 18.2 Å². The molecule has 0 unspecified atom stereocenters. The average Bonchev–Trinajstić information content (AvgIpc) is 2.42. The molecule has 3 heteroatoms. The summed E-state index contributed by atoms with van der Waals surface area (Å²) in [5.41, 5.74) is 0.609. The van der Waals surface area contributed by atoms with Crippen molar-refractivity contribution in [3.05, 3.63) is 23.8 Å². The molecule has 0 bridgehead atoms. The van der Waals surface area contributed by atoms with E-state index in [-0.39, 0.29) is 0 Å². The van der Waals surface area contributed by atoms with Crippen molar-refractivity contribution < 1.29 is 14.6 Å². The van der Waals surface area contributed by atoms with Crippen molar-refractivity contribution in [1.29, 1.82) is 0 Å². The average molecular weight is 262 g/mol. The Morgan fingerprint density at radius 1 is 0.947 bits per heavy atom. The quantitative estimate of drug-likeness (QED) is 0.844. The van der Waals surface area contributed by atoms with Crippen LogP contribution in [0.15, 0.2) is 18.2 Å². The summed E-state index contributed by atoms with van der Waals surface area (Å²) in [4.78, 5) is 0. The Kier molecular flexibility index (Phi) is 2.97. The van der Waals surface area contributed by atoms with Crippen LogP contribution in [0.4, 0.5) is 0 Å². The molecule has 0 amide bonds. The summed E-state index contributed by atoms with van der Waals surface area (Å²) in [6.45, 7) is 5.74. The zero-order chi connectivity index (χ0) is 13.5. The molecule has 1 saturated carbocycles. The predicted octanol–water partition coefficient (Wildman–Crippen LogP) is 3.25. The molecule has 1 N–H and O–H groups in total. The lowest BCUT2D eigenvalue weighted by Crippen LogP contribution is -2.34. The van der Waals surface area contributed by atoms with E-state index in [2.05, 4.69) is 13.8 Å². The largest absolute Gasteiger partial charge is 0.486 e. The molecule has 2 aliphatic rings. The molecule has 1 aliphatic carbocycles. The second-order valence-electron chi connectivity index (χ2n) is 6.55. The minimum Gasteiger partial charge on any atom is -0.486 e. The molecule has 3 nitrogen and oxygen atoms in total. The van der Waals surface area contributed by atoms with Gasteiger partial charge in [0.05, 0.1) is 5.60 Å². The van der Waals surface area contributed by atoms with Crippen LogP contribution in [0.3, 0.4) is 0 Å². The molecule has 1 aliphatic heterocycles. The molecule has 104 valence electrons. The van der Waals surface area contributed by atoms with Crippen molar-refractivity contribution in [3.8, 4) is 11.5 Å². The Hall–Kier alpha value is -1.22. The monoisotopic (exact) mass is 262 g/mol. The Morgan fingerprint density at radius 3 is 2.26 bits per heavy atom. The molecule has 1 heterocycles. The van der Waals surface area contributed by atoms with E-state index in [0.717, 1.165) is 42.7 Å². The number of hydrogen-bond donors (Lipinski definition) is 1. The molecular formula is C16H22O3. The smallest absolute Gasteiger partial charge is 0.161 e. The predicted molar refractivity (Wildman–Crippen MR) is 73.6 cm³/mol. The van der Waals surface area contributed by atoms with Gasteiger partial charge in [-0.15, -0.1) is 0 Å². The van der Waals surface area contributed by atoms with Crippen molar-refractivity contribution in [2.45, 2.75) is 45.1 Å². The Bertz CT molecular complexity index is 469. The third-order valence-corrected chi connectivity index (χ3v) is 4.51. The van der Waals surface area contributed by atoms with Crippen molar-refractivity contribution in [2.24, 2.45) is 5.41 Å². The summed E-state index contributed by atoms with van der Waals surface area (Å²) in [6.07, 6.45) is 3.75. The van der Waals surface area contributed by atoms with Crippen LogP contribution in [0.1, 0.15) is 45.1 Å². The molecule has 1 aromatic carbocycles. The standard InChI is InChI=1S/C16H22O3/c1-15(2)5-7-16(17,8-6-15)12-3-4-13-14(11-12)19-10-9-18-13/h3-4,11,17H,5-10H2,1-2H3. The Labute approximate surface area is 114 Å². The van der Waals surface area contributed by atoms with Crippen LogP contribution in [0.2, 0.25) is 0 Å². The van der Waals surface area contributed by atoms with Crippen LogP contribution in [0, 0.1) is 5.41 Å².